The maximum absolute atomic E-state index is 2.25. The van der Waals surface area contributed by atoms with Crippen molar-refractivity contribution in [2.24, 2.45) is 0 Å². The Labute approximate surface area is 122 Å². The summed E-state index contributed by atoms with van der Waals surface area (Å²) in [5.41, 5.74) is 0. The standard InChI is InChI=1S/C20H12.H2O/c1-5-13-6-2-11-17-18-12-4-8-14-7-3-10-16(20(14)18)15(9-1)19(13)17;/h1-12H;1H2. The molecule has 0 bridgehead atoms. The van der Waals surface area contributed by atoms with Gasteiger partial charge >= 0.3 is 0 Å². The minimum absolute atomic E-state index is 0. The van der Waals surface area contributed by atoms with Gasteiger partial charge < -0.3 is 5.48 Å². The predicted octanol–water partition coefficient (Wildman–Crippen LogP) is 4.91. The number of fused-ring (bicyclic) bond motifs is 2. The SMILES string of the molecule is O.c1cc2cccc3c4cccc5cccc(c(c1)c23)c54. The molecule has 0 atom stereocenters. The van der Waals surface area contributed by atoms with Gasteiger partial charge in [0.15, 0.2) is 0 Å². The van der Waals surface area contributed by atoms with E-state index in [-0.39, 0.29) is 5.48 Å². The van der Waals surface area contributed by atoms with Crippen LogP contribution >= 0.6 is 0 Å². The van der Waals surface area contributed by atoms with Crippen LogP contribution in [0, 0.1) is 0 Å². The van der Waals surface area contributed by atoms with Crippen LogP contribution in [-0.2, 0) is 0 Å². The number of rotatable bonds is 0. The van der Waals surface area contributed by atoms with Gasteiger partial charge in [-0.05, 0) is 43.1 Å². The fourth-order valence-corrected chi connectivity index (χ4v) is 3.58. The molecule has 0 aliphatic heterocycles. The summed E-state index contributed by atoms with van der Waals surface area (Å²) in [6, 6.07) is 26.4. The van der Waals surface area contributed by atoms with Crippen molar-refractivity contribution in [3.05, 3.63) is 72.8 Å². The third-order valence-electron chi connectivity index (χ3n) is 4.39. The molecule has 0 radical (unpaired) electrons. The molecule has 0 heterocycles. The maximum Gasteiger partial charge on any atom is -0.00264 e. The minimum Gasteiger partial charge on any atom is -0.412 e. The molecule has 2 N–H and O–H groups in total. The van der Waals surface area contributed by atoms with Crippen LogP contribution in [0.2, 0.25) is 0 Å². The lowest BCUT2D eigenvalue weighted by Crippen LogP contribution is -1.85. The molecule has 0 saturated heterocycles. The number of hydrogen-bond donors (Lipinski definition) is 0. The molecule has 5 rings (SSSR count). The van der Waals surface area contributed by atoms with Crippen molar-refractivity contribution in [1.82, 2.24) is 0 Å². The molecular formula is C20H14O. The van der Waals surface area contributed by atoms with E-state index in [2.05, 4.69) is 72.8 Å². The quantitative estimate of drug-likeness (QED) is 0.283. The van der Waals surface area contributed by atoms with Gasteiger partial charge in [-0.1, -0.05) is 72.8 Å². The molecule has 0 amide bonds. The van der Waals surface area contributed by atoms with E-state index in [0.717, 1.165) is 0 Å². The molecule has 0 aliphatic rings. The lowest BCUT2D eigenvalue weighted by Gasteiger charge is -2.13. The molecule has 21 heavy (non-hydrogen) atoms. The second kappa shape index (κ2) is 4.18. The Kier molecular flexibility index (Phi) is 2.41. The summed E-state index contributed by atoms with van der Waals surface area (Å²) >= 11 is 0. The van der Waals surface area contributed by atoms with Gasteiger partial charge in [0, 0.05) is 0 Å². The summed E-state index contributed by atoms with van der Waals surface area (Å²) in [4.78, 5) is 0. The minimum atomic E-state index is 0. The van der Waals surface area contributed by atoms with Crippen molar-refractivity contribution in [2.45, 2.75) is 0 Å². The highest BCUT2D eigenvalue weighted by molar-refractivity contribution is 6.32. The van der Waals surface area contributed by atoms with E-state index in [0.29, 0.717) is 0 Å². The van der Waals surface area contributed by atoms with Crippen molar-refractivity contribution >= 4 is 43.1 Å². The first-order chi connectivity index (χ1) is 9.93. The fraction of sp³-hybridized carbons (Fsp3) is 0. The van der Waals surface area contributed by atoms with Crippen LogP contribution in [0.15, 0.2) is 72.8 Å². The molecule has 1 heteroatoms. The van der Waals surface area contributed by atoms with E-state index in [4.69, 9.17) is 0 Å². The fourth-order valence-electron chi connectivity index (χ4n) is 3.58. The lowest BCUT2D eigenvalue weighted by molar-refractivity contribution is 0.824. The Morgan fingerprint density at radius 1 is 0.381 bits per heavy atom. The van der Waals surface area contributed by atoms with E-state index in [1.807, 2.05) is 0 Å². The van der Waals surface area contributed by atoms with Crippen LogP contribution < -0.4 is 0 Å². The zero-order valence-corrected chi connectivity index (χ0v) is 11.4. The molecule has 0 aliphatic carbocycles. The molecule has 5 aromatic carbocycles. The molecule has 0 fully saturated rings. The average molecular weight is 270 g/mol. The van der Waals surface area contributed by atoms with Crippen LogP contribution in [0.25, 0.3) is 43.1 Å². The van der Waals surface area contributed by atoms with Crippen molar-refractivity contribution in [3.63, 3.8) is 0 Å². The van der Waals surface area contributed by atoms with Crippen LogP contribution in [0.1, 0.15) is 0 Å². The molecule has 5 aromatic rings. The molecular weight excluding hydrogens is 256 g/mol. The van der Waals surface area contributed by atoms with Crippen LogP contribution in [0.4, 0.5) is 0 Å². The summed E-state index contributed by atoms with van der Waals surface area (Å²) in [5, 5.41) is 10.9. The maximum atomic E-state index is 2.25. The van der Waals surface area contributed by atoms with E-state index in [9.17, 15) is 0 Å². The average Bonchev–Trinajstić information content (AvgIpc) is 2.52. The zero-order chi connectivity index (χ0) is 13.1. The van der Waals surface area contributed by atoms with Gasteiger partial charge in [-0.15, -0.1) is 0 Å². The number of hydrogen-bond acceptors (Lipinski definition) is 0. The Morgan fingerprint density at radius 3 is 0.952 bits per heavy atom. The summed E-state index contributed by atoms with van der Waals surface area (Å²) < 4.78 is 0. The zero-order valence-electron chi connectivity index (χ0n) is 11.4. The van der Waals surface area contributed by atoms with Gasteiger partial charge in [0.05, 0.1) is 0 Å². The molecule has 0 aromatic heterocycles. The number of benzene rings is 5. The highest BCUT2D eigenvalue weighted by Gasteiger charge is 2.11. The Balaban J connectivity index is 0.00000115. The first kappa shape index (κ1) is 12.1. The first-order valence-corrected chi connectivity index (χ1v) is 6.98. The van der Waals surface area contributed by atoms with Gasteiger partial charge in [0.1, 0.15) is 0 Å². The molecule has 100 valence electrons. The van der Waals surface area contributed by atoms with Crippen molar-refractivity contribution in [1.29, 1.82) is 0 Å². The third-order valence-corrected chi connectivity index (χ3v) is 4.39. The van der Waals surface area contributed by atoms with E-state index < -0.39 is 0 Å². The normalized spacial score (nSPS) is 11.4. The third kappa shape index (κ3) is 1.44. The molecule has 1 nitrogen and oxygen atoms in total. The van der Waals surface area contributed by atoms with E-state index >= 15 is 0 Å². The Bertz CT molecular complexity index is 923. The van der Waals surface area contributed by atoms with E-state index in [1.54, 1.807) is 0 Å². The second-order valence-corrected chi connectivity index (χ2v) is 5.42. The Morgan fingerprint density at radius 2 is 0.667 bits per heavy atom. The highest BCUT2D eigenvalue weighted by Crippen LogP contribution is 2.39. The summed E-state index contributed by atoms with van der Waals surface area (Å²) in [6.07, 6.45) is 0. The molecule has 0 spiro atoms. The van der Waals surface area contributed by atoms with Gasteiger partial charge in [-0.3, -0.25) is 0 Å². The molecule has 0 saturated carbocycles. The predicted molar refractivity (Wildman–Crippen MR) is 91.3 cm³/mol. The van der Waals surface area contributed by atoms with Gasteiger partial charge in [-0.2, -0.15) is 0 Å². The van der Waals surface area contributed by atoms with Crippen molar-refractivity contribution in [3.8, 4) is 0 Å². The smallest absolute Gasteiger partial charge is 0.00264 e. The summed E-state index contributed by atoms with van der Waals surface area (Å²) in [5.74, 6) is 0. The van der Waals surface area contributed by atoms with Gasteiger partial charge in [0.25, 0.3) is 0 Å². The Hall–Kier alpha value is -2.64. The van der Waals surface area contributed by atoms with Crippen LogP contribution in [0.5, 0.6) is 0 Å². The summed E-state index contributed by atoms with van der Waals surface area (Å²) in [7, 11) is 0. The van der Waals surface area contributed by atoms with Crippen molar-refractivity contribution in [2.75, 3.05) is 0 Å². The largest absolute Gasteiger partial charge is 0.412 e. The van der Waals surface area contributed by atoms with Crippen LogP contribution in [-0.4, -0.2) is 5.48 Å². The highest BCUT2D eigenvalue weighted by atomic mass is 16.0. The second-order valence-electron chi connectivity index (χ2n) is 5.42. The topological polar surface area (TPSA) is 31.5 Å². The van der Waals surface area contributed by atoms with Gasteiger partial charge in [-0.25, -0.2) is 0 Å². The van der Waals surface area contributed by atoms with E-state index in [1.165, 1.54) is 43.1 Å². The summed E-state index contributed by atoms with van der Waals surface area (Å²) in [6.45, 7) is 0. The van der Waals surface area contributed by atoms with Crippen molar-refractivity contribution < 1.29 is 5.48 Å². The van der Waals surface area contributed by atoms with Gasteiger partial charge in [0.2, 0.25) is 0 Å². The lowest BCUT2D eigenvalue weighted by atomic mass is 9.90. The monoisotopic (exact) mass is 270 g/mol. The first-order valence-electron chi connectivity index (χ1n) is 6.98. The van der Waals surface area contributed by atoms with Crippen LogP contribution in [0.3, 0.4) is 0 Å². The molecule has 0 unspecified atom stereocenters.